The summed E-state index contributed by atoms with van der Waals surface area (Å²) >= 11 is 15.2. The number of halogens is 3. The number of benzene rings is 3. The molecule has 1 heterocycles. The summed E-state index contributed by atoms with van der Waals surface area (Å²) in [5.41, 5.74) is 2.05. The Morgan fingerprint density at radius 1 is 1.08 bits per heavy atom. The van der Waals surface area contributed by atoms with Crippen LogP contribution in [0.25, 0.3) is 6.08 Å². The van der Waals surface area contributed by atoms with E-state index in [0.717, 1.165) is 9.13 Å². The molecule has 0 radical (unpaired) electrons. The van der Waals surface area contributed by atoms with Gasteiger partial charge in [0.1, 0.15) is 0 Å². The smallest absolute Gasteiger partial charge is 0.264 e. The minimum Gasteiger partial charge on any atom is -0.490 e. The van der Waals surface area contributed by atoms with Crippen LogP contribution in [-0.2, 0) is 9.59 Å². The van der Waals surface area contributed by atoms with Gasteiger partial charge in [-0.25, -0.2) is 4.99 Å². The molecule has 3 aromatic carbocycles. The molecule has 0 aliphatic carbocycles. The van der Waals surface area contributed by atoms with Crippen molar-refractivity contribution in [2.45, 2.75) is 6.92 Å². The highest BCUT2D eigenvalue weighted by Gasteiger charge is 2.24. The van der Waals surface area contributed by atoms with Crippen LogP contribution in [0.3, 0.4) is 0 Å². The predicted octanol–water partition coefficient (Wildman–Crippen LogP) is 6.91. The molecule has 37 heavy (non-hydrogen) atoms. The van der Waals surface area contributed by atoms with Crippen LogP contribution < -0.4 is 20.1 Å². The second kappa shape index (κ2) is 12.7. The first-order valence-electron chi connectivity index (χ1n) is 11.0. The molecule has 0 spiro atoms. The van der Waals surface area contributed by atoms with Crippen molar-refractivity contribution in [2.75, 3.05) is 18.5 Å². The zero-order valence-electron chi connectivity index (χ0n) is 19.4. The predicted molar refractivity (Wildman–Crippen MR) is 158 cm³/mol. The van der Waals surface area contributed by atoms with E-state index in [1.165, 1.54) is 11.8 Å². The van der Waals surface area contributed by atoms with E-state index in [1.54, 1.807) is 60.7 Å². The van der Waals surface area contributed by atoms with Gasteiger partial charge in [-0.05, 0) is 114 Å². The number of ether oxygens (including phenoxy) is 2. The van der Waals surface area contributed by atoms with Crippen LogP contribution in [0.1, 0.15) is 12.5 Å². The van der Waals surface area contributed by atoms with E-state index in [2.05, 4.69) is 38.2 Å². The van der Waals surface area contributed by atoms with Crippen molar-refractivity contribution in [3.05, 3.63) is 84.7 Å². The summed E-state index contributed by atoms with van der Waals surface area (Å²) in [6.45, 7) is 2.05. The van der Waals surface area contributed by atoms with Gasteiger partial charge in [-0.2, -0.15) is 0 Å². The summed E-state index contributed by atoms with van der Waals surface area (Å²) in [5, 5.41) is 7.20. The van der Waals surface area contributed by atoms with E-state index >= 15 is 0 Å². The summed E-state index contributed by atoms with van der Waals surface area (Å²) in [4.78, 5) is 29.8. The maximum atomic E-state index is 12.5. The Kier molecular flexibility index (Phi) is 9.36. The summed E-state index contributed by atoms with van der Waals surface area (Å²) in [5.74, 6) is 0.353. The number of nitrogens with one attached hydrogen (secondary N) is 2. The second-order valence-corrected chi connectivity index (χ2v) is 10.6. The Morgan fingerprint density at radius 2 is 1.76 bits per heavy atom. The van der Waals surface area contributed by atoms with Crippen molar-refractivity contribution in [2.24, 2.45) is 4.99 Å². The van der Waals surface area contributed by atoms with Crippen molar-refractivity contribution >= 4 is 92.0 Å². The van der Waals surface area contributed by atoms with Gasteiger partial charge in [0.2, 0.25) is 0 Å². The molecule has 3 aromatic rings. The van der Waals surface area contributed by atoms with Crippen LogP contribution in [0.4, 0.5) is 11.4 Å². The molecule has 0 bridgehead atoms. The normalized spacial score (nSPS) is 15.1. The Labute approximate surface area is 241 Å². The van der Waals surface area contributed by atoms with E-state index in [1.807, 2.05) is 13.0 Å². The molecule has 1 fully saturated rings. The van der Waals surface area contributed by atoms with Gasteiger partial charge in [0.05, 0.1) is 20.8 Å². The van der Waals surface area contributed by atoms with E-state index in [-0.39, 0.29) is 18.4 Å². The zero-order chi connectivity index (χ0) is 26.4. The molecule has 7 nitrogen and oxygen atoms in total. The first-order valence-corrected chi connectivity index (χ1v) is 13.7. The number of rotatable bonds is 8. The van der Waals surface area contributed by atoms with E-state index < -0.39 is 0 Å². The van der Waals surface area contributed by atoms with E-state index in [9.17, 15) is 9.59 Å². The fourth-order valence-electron chi connectivity index (χ4n) is 3.21. The Bertz CT molecular complexity index is 1380. The zero-order valence-corrected chi connectivity index (χ0v) is 23.9. The molecule has 0 saturated carbocycles. The van der Waals surface area contributed by atoms with Gasteiger partial charge in [-0.15, -0.1) is 0 Å². The minimum atomic E-state index is -0.321. The Hall–Kier alpha value is -2.73. The fourth-order valence-corrected chi connectivity index (χ4v) is 5.08. The van der Waals surface area contributed by atoms with Gasteiger partial charge in [-0.3, -0.25) is 9.59 Å². The highest BCUT2D eigenvalue weighted by atomic mass is 127. The molecular formula is C26H20Cl2IN3O4S. The minimum absolute atomic E-state index is 0.206. The first kappa shape index (κ1) is 27.3. The van der Waals surface area contributed by atoms with Crippen LogP contribution in [0.5, 0.6) is 11.5 Å². The quantitative estimate of drug-likeness (QED) is 0.201. The second-order valence-electron chi connectivity index (χ2n) is 7.56. The number of hydrogen-bond donors (Lipinski definition) is 2. The van der Waals surface area contributed by atoms with Crippen LogP contribution in [0.15, 0.2) is 70.6 Å². The lowest BCUT2D eigenvalue weighted by atomic mass is 10.2. The maximum Gasteiger partial charge on any atom is 0.264 e. The van der Waals surface area contributed by atoms with Crippen molar-refractivity contribution < 1.29 is 19.1 Å². The highest BCUT2D eigenvalue weighted by Crippen LogP contribution is 2.36. The third-order valence-electron chi connectivity index (χ3n) is 4.81. The molecule has 190 valence electrons. The van der Waals surface area contributed by atoms with Crippen LogP contribution >= 0.6 is 57.6 Å². The van der Waals surface area contributed by atoms with E-state index in [0.29, 0.717) is 49.6 Å². The lowest BCUT2D eigenvalue weighted by Crippen LogP contribution is -2.20. The molecule has 11 heteroatoms. The third kappa shape index (κ3) is 7.64. The molecule has 2 amide bonds. The number of amidine groups is 1. The maximum absolute atomic E-state index is 12.5. The lowest BCUT2D eigenvalue weighted by Gasteiger charge is -2.15. The number of aliphatic imine (C=N–C) groups is 1. The molecule has 1 saturated heterocycles. The van der Waals surface area contributed by atoms with Crippen molar-refractivity contribution in [1.82, 2.24) is 5.32 Å². The molecular weight excluding hydrogens is 648 g/mol. The summed E-state index contributed by atoms with van der Waals surface area (Å²) in [6.07, 6.45) is 1.76. The lowest BCUT2D eigenvalue weighted by molar-refractivity contribution is -0.118. The number of amides is 2. The van der Waals surface area contributed by atoms with Crippen molar-refractivity contribution in [1.29, 1.82) is 0 Å². The molecule has 0 aromatic heterocycles. The molecule has 0 unspecified atom stereocenters. The molecule has 1 aliphatic rings. The molecule has 0 atom stereocenters. The van der Waals surface area contributed by atoms with Crippen LogP contribution in [-0.4, -0.2) is 30.2 Å². The van der Waals surface area contributed by atoms with Crippen LogP contribution in [0.2, 0.25) is 10.0 Å². The monoisotopic (exact) mass is 667 g/mol. The third-order valence-corrected chi connectivity index (χ3v) is 7.03. The topological polar surface area (TPSA) is 89.0 Å². The molecule has 1 aliphatic heterocycles. The summed E-state index contributed by atoms with van der Waals surface area (Å²) < 4.78 is 12.3. The Morgan fingerprint density at radius 3 is 2.43 bits per heavy atom. The van der Waals surface area contributed by atoms with Gasteiger partial charge in [0.25, 0.3) is 11.8 Å². The highest BCUT2D eigenvalue weighted by molar-refractivity contribution is 14.1. The van der Waals surface area contributed by atoms with Gasteiger partial charge < -0.3 is 20.1 Å². The number of anilines is 1. The largest absolute Gasteiger partial charge is 0.490 e. The SMILES string of the molecule is CCOc1cc(/C=C2\SC(=Nc3ccc(Cl)cc3)NC2=O)cc(I)c1OCC(=O)Nc1ccc(Cl)cc1. The fraction of sp³-hybridized carbons (Fsp3) is 0.115. The average molecular weight is 668 g/mol. The van der Waals surface area contributed by atoms with Crippen molar-refractivity contribution in [3.63, 3.8) is 0 Å². The number of nitrogens with zero attached hydrogens (tertiary/aromatic N) is 1. The average Bonchev–Trinajstić information content (AvgIpc) is 3.20. The molecule has 2 N–H and O–H groups in total. The van der Waals surface area contributed by atoms with Gasteiger partial charge in [0.15, 0.2) is 23.3 Å². The van der Waals surface area contributed by atoms with Gasteiger partial charge >= 0.3 is 0 Å². The number of thioether (sulfide) groups is 1. The van der Waals surface area contributed by atoms with Crippen LogP contribution in [0, 0.1) is 3.57 Å². The van der Waals surface area contributed by atoms with Gasteiger partial charge in [-0.1, -0.05) is 23.2 Å². The molecule has 4 rings (SSSR count). The van der Waals surface area contributed by atoms with Crippen molar-refractivity contribution in [3.8, 4) is 11.5 Å². The Balaban J connectivity index is 1.48. The summed E-state index contributed by atoms with van der Waals surface area (Å²) in [7, 11) is 0. The number of hydrogen-bond acceptors (Lipinski definition) is 6. The number of carbonyl (C=O) groups excluding carboxylic acids is 2. The first-order chi connectivity index (χ1) is 17.8. The summed E-state index contributed by atoms with van der Waals surface area (Å²) in [6, 6.07) is 17.4. The number of carbonyl (C=O) groups is 2. The standard InChI is InChI=1S/C26H20Cl2IN3O4S/c1-2-35-21-12-15(13-22-25(34)32-26(37-22)31-19-9-5-17(28)6-10-19)11-20(29)24(21)36-14-23(33)30-18-7-3-16(27)4-8-18/h3-13H,2,14H2,1H3,(H,30,33)(H,31,32,34)/b22-13-. The van der Waals surface area contributed by atoms with Gasteiger partial charge in [0, 0.05) is 15.7 Å². The van der Waals surface area contributed by atoms with E-state index in [4.69, 9.17) is 32.7 Å².